The van der Waals surface area contributed by atoms with Gasteiger partial charge in [-0.1, -0.05) is 35.3 Å². The molecule has 0 radical (unpaired) electrons. The van der Waals surface area contributed by atoms with Crippen LogP contribution in [0.1, 0.15) is 47.5 Å². The molecule has 2 N–H and O–H groups in total. The van der Waals surface area contributed by atoms with Crippen molar-refractivity contribution >= 4 is 34.9 Å². The second-order valence-electron chi connectivity index (χ2n) is 6.91. The van der Waals surface area contributed by atoms with Crippen LogP contribution in [0.15, 0.2) is 47.5 Å². The van der Waals surface area contributed by atoms with Gasteiger partial charge in [0, 0.05) is 29.9 Å². The molecule has 0 amide bonds. The zero-order valence-corrected chi connectivity index (χ0v) is 17.6. The van der Waals surface area contributed by atoms with E-state index in [1.807, 2.05) is 26.0 Å². The molecule has 0 aliphatic heterocycles. The molecule has 3 aromatic rings. The van der Waals surface area contributed by atoms with E-state index in [9.17, 15) is 14.7 Å². The van der Waals surface area contributed by atoms with Gasteiger partial charge in [0.05, 0.1) is 17.9 Å². The molecule has 1 atom stereocenters. The van der Waals surface area contributed by atoms with E-state index in [0.717, 1.165) is 5.56 Å². The standard InChI is InChI=1S/C20H20Cl2N4O3/c1-11(2)26-18(20(28)29)15(9-23-26)17(12-4-6-13(21)7-5-12)24-14-8-16(22)19(27)25(3)10-14/h4-11,17,24H,1-3H3,(H,28,29). The van der Waals surface area contributed by atoms with E-state index in [2.05, 4.69) is 10.4 Å². The van der Waals surface area contributed by atoms with Gasteiger partial charge >= 0.3 is 5.97 Å². The van der Waals surface area contributed by atoms with Crippen LogP contribution in [0.4, 0.5) is 5.69 Å². The quantitative estimate of drug-likeness (QED) is 0.600. The molecule has 0 fully saturated rings. The van der Waals surface area contributed by atoms with Crippen molar-refractivity contribution in [3.63, 3.8) is 0 Å². The number of aromatic nitrogens is 3. The Kier molecular flexibility index (Phi) is 6.00. The van der Waals surface area contributed by atoms with Gasteiger partial charge in [-0.3, -0.25) is 9.48 Å². The number of anilines is 1. The molecule has 29 heavy (non-hydrogen) atoms. The Hall–Kier alpha value is -2.77. The molecule has 0 bridgehead atoms. The van der Waals surface area contributed by atoms with Crippen LogP contribution in [-0.4, -0.2) is 25.4 Å². The van der Waals surface area contributed by atoms with Gasteiger partial charge in [-0.2, -0.15) is 5.10 Å². The maximum Gasteiger partial charge on any atom is 0.354 e. The maximum absolute atomic E-state index is 12.0. The van der Waals surface area contributed by atoms with Crippen LogP contribution < -0.4 is 10.9 Å². The summed E-state index contributed by atoms with van der Waals surface area (Å²) in [5, 5.41) is 18.0. The molecular formula is C20H20Cl2N4O3. The average Bonchev–Trinajstić information content (AvgIpc) is 3.10. The number of hydrogen-bond acceptors (Lipinski definition) is 4. The Morgan fingerprint density at radius 1 is 1.21 bits per heavy atom. The van der Waals surface area contributed by atoms with Crippen molar-refractivity contribution in [1.29, 1.82) is 0 Å². The summed E-state index contributed by atoms with van der Waals surface area (Å²) in [6, 6.07) is 7.90. The predicted molar refractivity (Wildman–Crippen MR) is 113 cm³/mol. The van der Waals surface area contributed by atoms with Gasteiger partial charge in [0.25, 0.3) is 5.56 Å². The van der Waals surface area contributed by atoms with Crippen molar-refractivity contribution in [2.24, 2.45) is 7.05 Å². The molecule has 1 aromatic carbocycles. The number of halogens is 2. The molecular weight excluding hydrogens is 415 g/mol. The zero-order valence-electron chi connectivity index (χ0n) is 16.1. The third-order valence-corrected chi connectivity index (χ3v) is 5.00. The van der Waals surface area contributed by atoms with Crippen molar-refractivity contribution in [1.82, 2.24) is 14.3 Å². The normalized spacial score (nSPS) is 12.2. The van der Waals surface area contributed by atoms with Gasteiger partial charge in [0.2, 0.25) is 0 Å². The van der Waals surface area contributed by atoms with Crippen molar-refractivity contribution in [3.8, 4) is 0 Å². The number of carboxylic acids is 1. The first-order valence-electron chi connectivity index (χ1n) is 8.88. The van der Waals surface area contributed by atoms with E-state index in [-0.39, 0.29) is 22.3 Å². The highest BCUT2D eigenvalue weighted by atomic mass is 35.5. The number of hydrogen-bond donors (Lipinski definition) is 2. The molecule has 0 spiro atoms. The van der Waals surface area contributed by atoms with Crippen LogP contribution in [0.2, 0.25) is 10.0 Å². The number of benzene rings is 1. The van der Waals surface area contributed by atoms with Gasteiger partial charge in [0.15, 0.2) is 5.69 Å². The minimum atomic E-state index is -1.08. The minimum Gasteiger partial charge on any atom is -0.477 e. The second kappa shape index (κ2) is 8.31. The van der Waals surface area contributed by atoms with Crippen molar-refractivity contribution < 1.29 is 9.90 Å². The number of pyridine rings is 1. The van der Waals surface area contributed by atoms with Crippen LogP contribution in [0.25, 0.3) is 0 Å². The highest BCUT2D eigenvalue weighted by Gasteiger charge is 2.27. The molecule has 3 rings (SSSR count). The van der Waals surface area contributed by atoms with E-state index >= 15 is 0 Å². The zero-order chi connectivity index (χ0) is 21.3. The Labute approximate surface area is 177 Å². The topological polar surface area (TPSA) is 89.2 Å². The number of carbonyl (C=O) groups is 1. The van der Waals surface area contributed by atoms with Crippen molar-refractivity contribution in [3.05, 3.63) is 79.9 Å². The molecule has 7 nitrogen and oxygen atoms in total. The van der Waals surface area contributed by atoms with Crippen molar-refractivity contribution in [2.45, 2.75) is 25.9 Å². The summed E-state index contributed by atoms with van der Waals surface area (Å²) in [6.07, 6.45) is 3.14. The lowest BCUT2D eigenvalue weighted by Crippen LogP contribution is -2.21. The summed E-state index contributed by atoms with van der Waals surface area (Å²) in [7, 11) is 1.59. The van der Waals surface area contributed by atoms with E-state index in [1.165, 1.54) is 15.3 Å². The number of rotatable bonds is 6. The molecule has 152 valence electrons. The van der Waals surface area contributed by atoms with Gasteiger partial charge in [0.1, 0.15) is 5.02 Å². The van der Waals surface area contributed by atoms with Gasteiger partial charge in [-0.25, -0.2) is 4.79 Å². The molecule has 0 aliphatic rings. The Balaban J connectivity index is 2.16. The molecule has 0 saturated heterocycles. The van der Waals surface area contributed by atoms with E-state index in [4.69, 9.17) is 23.2 Å². The maximum atomic E-state index is 12.0. The minimum absolute atomic E-state index is 0.0590. The van der Waals surface area contributed by atoms with Crippen molar-refractivity contribution in [2.75, 3.05) is 5.32 Å². The van der Waals surface area contributed by atoms with Gasteiger partial charge in [-0.05, 0) is 37.6 Å². The van der Waals surface area contributed by atoms with E-state index < -0.39 is 12.0 Å². The number of aromatic carboxylic acids is 1. The first-order chi connectivity index (χ1) is 13.7. The molecule has 2 heterocycles. The summed E-state index contributed by atoms with van der Waals surface area (Å²) >= 11 is 12.1. The first kappa shape index (κ1) is 21.0. The number of nitrogens with one attached hydrogen (secondary N) is 1. The van der Waals surface area contributed by atoms with Crippen LogP contribution in [0.3, 0.4) is 0 Å². The average molecular weight is 435 g/mol. The summed E-state index contributed by atoms with van der Waals surface area (Å²) in [5.74, 6) is -1.08. The highest BCUT2D eigenvalue weighted by molar-refractivity contribution is 6.30. The van der Waals surface area contributed by atoms with Crippen LogP contribution in [-0.2, 0) is 7.05 Å². The van der Waals surface area contributed by atoms with Crippen LogP contribution in [0.5, 0.6) is 0 Å². The van der Waals surface area contributed by atoms with Gasteiger partial charge in [-0.15, -0.1) is 0 Å². The molecule has 2 aromatic heterocycles. The molecule has 0 saturated carbocycles. The summed E-state index contributed by atoms with van der Waals surface area (Å²) in [6.45, 7) is 3.72. The summed E-state index contributed by atoms with van der Waals surface area (Å²) in [5.41, 5.74) is 1.59. The fourth-order valence-electron chi connectivity index (χ4n) is 3.11. The third-order valence-electron chi connectivity index (χ3n) is 4.48. The lowest BCUT2D eigenvalue weighted by atomic mass is 9.98. The number of aryl methyl sites for hydroxylation is 1. The third kappa shape index (κ3) is 4.31. The first-order valence-corrected chi connectivity index (χ1v) is 9.63. The Bertz CT molecular complexity index is 1080. The Morgan fingerprint density at radius 2 is 1.86 bits per heavy atom. The fourth-order valence-corrected chi connectivity index (χ4v) is 3.49. The van der Waals surface area contributed by atoms with Gasteiger partial charge < -0.3 is 15.0 Å². The fraction of sp³-hybridized carbons (Fsp3) is 0.250. The number of nitrogens with zero attached hydrogens (tertiary/aromatic N) is 3. The molecule has 9 heteroatoms. The van der Waals surface area contributed by atoms with E-state index in [1.54, 1.807) is 31.6 Å². The largest absolute Gasteiger partial charge is 0.477 e. The predicted octanol–water partition coefficient (Wildman–Crippen LogP) is 4.37. The molecule has 0 aliphatic carbocycles. The lowest BCUT2D eigenvalue weighted by Gasteiger charge is -2.21. The number of carboxylic acid groups (broad SMARTS) is 1. The summed E-state index contributed by atoms with van der Waals surface area (Å²) in [4.78, 5) is 23.9. The van der Waals surface area contributed by atoms with Crippen LogP contribution in [0, 0.1) is 0 Å². The smallest absolute Gasteiger partial charge is 0.354 e. The SMILES string of the molecule is CC(C)n1ncc(C(Nc2cc(Cl)c(=O)n(C)c2)c2ccc(Cl)cc2)c1C(=O)O. The highest BCUT2D eigenvalue weighted by Crippen LogP contribution is 2.31. The monoisotopic (exact) mass is 434 g/mol. The van der Waals surface area contributed by atoms with Crippen LogP contribution >= 0.6 is 23.2 Å². The van der Waals surface area contributed by atoms with E-state index in [0.29, 0.717) is 16.3 Å². The molecule has 1 unspecified atom stereocenters. The summed E-state index contributed by atoms with van der Waals surface area (Å²) < 4.78 is 2.83. The Morgan fingerprint density at radius 3 is 2.41 bits per heavy atom. The second-order valence-corrected chi connectivity index (χ2v) is 7.76. The lowest BCUT2D eigenvalue weighted by molar-refractivity contribution is 0.0679.